The normalized spacial score (nSPS) is 10.8. The second-order valence-electron chi connectivity index (χ2n) is 6.28. The van der Waals surface area contributed by atoms with Gasteiger partial charge in [0.1, 0.15) is 0 Å². The van der Waals surface area contributed by atoms with Gasteiger partial charge in [-0.2, -0.15) is 4.98 Å². The lowest BCUT2D eigenvalue weighted by Gasteiger charge is -2.02. The first-order chi connectivity index (χ1) is 12.7. The van der Waals surface area contributed by atoms with Crippen molar-refractivity contribution in [3.63, 3.8) is 0 Å². The molecule has 5 nitrogen and oxygen atoms in total. The molecule has 3 aromatic rings. The Balaban J connectivity index is 1.59. The van der Waals surface area contributed by atoms with Crippen LogP contribution < -0.4 is 5.73 Å². The monoisotopic (exact) mass is 349 g/mol. The maximum atomic E-state index is 12.3. The Labute approximate surface area is 153 Å². The third-order valence-corrected chi connectivity index (χ3v) is 4.30. The number of nitrogens with two attached hydrogens (primary N) is 1. The summed E-state index contributed by atoms with van der Waals surface area (Å²) >= 11 is 0. The second-order valence-corrected chi connectivity index (χ2v) is 6.28. The number of ketones is 1. The summed E-state index contributed by atoms with van der Waals surface area (Å²) in [6.07, 6.45) is 2.91. The SMILES string of the molecule is CCCc1ccc(C(=O)CCc2nc(-c3ccc(CN)cc3)no2)cc1. The summed E-state index contributed by atoms with van der Waals surface area (Å²) in [7, 11) is 0. The Morgan fingerprint density at radius 2 is 1.69 bits per heavy atom. The number of nitrogens with zero attached hydrogens (tertiary/aromatic N) is 2. The van der Waals surface area contributed by atoms with Gasteiger partial charge in [0.2, 0.25) is 11.7 Å². The summed E-state index contributed by atoms with van der Waals surface area (Å²) in [6.45, 7) is 2.64. The number of carbonyl (C=O) groups excluding carboxylic acids is 1. The van der Waals surface area contributed by atoms with Crippen molar-refractivity contribution < 1.29 is 9.32 Å². The number of rotatable bonds is 8. The quantitative estimate of drug-likeness (QED) is 0.622. The molecular weight excluding hydrogens is 326 g/mol. The van der Waals surface area contributed by atoms with Crippen LogP contribution in [0.5, 0.6) is 0 Å². The van der Waals surface area contributed by atoms with Crippen LogP contribution in [0.3, 0.4) is 0 Å². The van der Waals surface area contributed by atoms with Crippen molar-refractivity contribution in [3.05, 3.63) is 71.1 Å². The van der Waals surface area contributed by atoms with E-state index in [4.69, 9.17) is 10.3 Å². The van der Waals surface area contributed by atoms with E-state index in [0.29, 0.717) is 31.1 Å². The first-order valence-electron chi connectivity index (χ1n) is 8.93. The molecule has 0 radical (unpaired) electrons. The van der Waals surface area contributed by atoms with Gasteiger partial charge in [0.05, 0.1) is 0 Å². The maximum absolute atomic E-state index is 12.3. The number of aryl methyl sites for hydroxylation is 2. The number of aromatic nitrogens is 2. The van der Waals surface area contributed by atoms with E-state index in [9.17, 15) is 4.79 Å². The predicted octanol–water partition coefficient (Wildman–Crippen LogP) is 3.96. The minimum absolute atomic E-state index is 0.0834. The third-order valence-electron chi connectivity index (χ3n) is 4.30. The highest BCUT2D eigenvalue weighted by atomic mass is 16.5. The molecule has 0 spiro atoms. The second kappa shape index (κ2) is 8.54. The Morgan fingerprint density at radius 3 is 2.35 bits per heavy atom. The zero-order valence-corrected chi connectivity index (χ0v) is 14.9. The fraction of sp³-hybridized carbons (Fsp3) is 0.286. The molecule has 0 bridgehead atoms. The zero-order valence-electron chi connectivity index (χ0n) is 14.9. The van der Waals surface area contributed by atoms with Crippen LogP contribution in [0, 0.1) is 0 Å². The molecule has 0 aliphatic carbocycles. The molecule has 1 aromatic heterocycles. The number of carbonyl (C=O) groups is 1. The lowest BCUT2D eigenvalue weighted by atomic mass is 10.0. The molecule has 134 valence electrons. The van der Waals surface area contributed by atoms with Crippen LogP contribution in [0.2, 0.25) is 0 Å². The highest BCUT2D eigenvalue weighted by Crippen LogP contribution is 2.17. The number of benzene rings is 2. The molecule has 0 fully saturated rings. The van der Waals surface area contributed by atoms with Crippen LogP contribution in [0.25, 0.3) is 11.4 Å². The minimum atomic E-state index is 0.0834. The van der Waals surface area contributed by atoms with E-state index in [1.165, 1.54) is 5.56 Å². The standard InChI is InChI=1S/C21H23N3O2/c1-2-3-15-4-8-17(9-5-15)19(25)12-13-20-23-21(24-26-20)18-10-6-16(14-22)7-11-18/h4-11H,2-3,12-14,22H2,1H3. The Morgan fingerprint density at radius 1 is 1.00 bits per heavy atom. The molecule has 0 aliphatic rings. The van der Waals surface area contributed by atoms with E-state index in [1.807, 2.05) is 48.5 Å². The van der Waals surface area contributed by atoms with Crippen molar-refractivity contribution in [3.8, 4) is 11.4 Å². The smallest absolute Gasteiger partial charge is 0.227 e. The van der Waals surface area contributed by atoms with Crippen LogP contribution in [0.15, 0.2) is 53.1 Å². The van der Waals surface area contributed by atoms with Crippen molar-refractivity contribution in [2.45, 2.75) is 39.2 Å². The maximum Gasteiger partial charge on any atom is 0.227 e. The summed E-state index contributed by atoms with van der Waals surface area (Å²) < 4.78 is 5.27. The number of hydrogen-bond acceptors (Lipinski definition) is 5. The van der Waals surface area contributed by atoms with Gasteiger partial charge in [-0.1, -0.05) is 67.0 Å². The van der Waals surface area contributed by atoms with Crippen molar-refractivity contribution in [2.75, 3.05) is 0 Å². The van der Waals surface area contributed by atoms with Gasteiger partial charge in [-0.05, 0) is 17.5 Å². The molecule has 1 heterocycles. The van der Waals surface area contributed by atoms with E-state index in [0.717, 1.165) is 29.5 Å². The van der Waals surface area contributed by atoms with Gasteiger partial charge in [0.15, 0.2) is 5.78 Å². The summed E-state index contributed by atoms with van der Waals surface area (Å²) in [6, 6.07) is 15.5. The fourth-order valence-electron chi connectivity index (χ4n) is 2.77. The third kappa shape index (κ3) is 4.43. The number of Topliss-reactive ketones (excluding diaryl/α,β-unsaturated/α-hetero) is 1. The predicted molar refractivity (Wildman–Crippen MR) is 101 cm³/mol. The molecule has 0 amide bonds. The van der Waals surface area contributed by atoms with E-state index in [1.54, 1.807) is 0 Å². The lowest BCUT2D eigenvalue weighted by molar-refractivity contribution is 0.0979. The van der Waals surface area contributed by atoms with E-state index < -0.39 is 0 Å². The van der Waals surface area contributed by atoms with Crippen molar-refractivity contribution in [1.29, 1.82) is 0 Å². The van der Waals surface area contributed by atoms with Gasteiger partial charge in [-0.25, -0.2) is 0 Å². The zero-order chi connectivity index (χ0) is 18.4. The van der Waals surface area contributed by atoms with E-state index in [2.05, 4.69) is 17.1 Å². The fourth-order valence-corrected chi connectivity index (χ4v) is 2.77. The Bertz CT molecular complexity index is 852. The molecule has 26 heavy (non-hydrogen) atoms. The van der Waals surface area contributed by atoms with Crippen molar-refractivity contribution in [2.24, 2.45) is 5.73 Å². The summed E-state index contributed by atoms with van der Waals surface area (Å²) in [5, 5.41) is 4.00. The number of hydrogen-bond donors (Lipinski definition) is 1. The van der Waals surface area contributed by atoms with Crippen LogP contribution in [0.1, 0.15) is 47.1 Å². The molecule has 0 atom stereocenters. The first-order valence-corrected chi connectivity index (χ1v) is 8.93. The molecule has 3 rings (SSSR count). The van der Waals surface area contributed by atoms with Crippen LogP contribution in [-0.4, -0.2) is 15.9 Å². The first kappa shape index (κ1) is 18.0. The summed E-state index contributed by atoms with van der Waals surface area (Å²) in [4.78, 5) is 16.7. The molecule has 0 aliphatic heterocycles. The minimum Gasteiger partial charge on any atom is -0.339 e. The van der Waals surface area contributed by atoms with Crippen molar-refractivity contribution >= 4 is 5.78 Å². The van der Waals surface area contributed by atoms with Crippen LogP contribution >= 0.6 is 0 Å². The van der Waals surface area contributed by atoms with Gasteiger partial charge in [-0.15, -0.1) is 0 Å². The molecule has 2 N–H and O–H groups in total. The highest BCUT2D eigenvalue weighted by Gasteiger charge is 2.12. The van der Waals surface area contributed by atoms with Gasteiger partial charge < -0.3 is 10.3 Å². The molecule has 5 heteroatoms. The van der Waals surface area contributed by atoms with Gasteiger partial charge in [0.25, 0.3) is 0 Å². The summed E-state index contributed by atoms with van der Waals surface area (Å²) in [5.41, 5.74) is 9.50. The van der Waals surface area contributed by atoms with Gasteiger partial charge >= 0.3 is 0 Å². The summed E-state index contributed by atoms with van der Waals surface area (Å²) in [5.74, 6) is 1.08. The largest absolute Gasteiger partial charge is 0.339 e. The average molecular weight is 349 g/mol. The van der Waals surface area contributed by atoms with Crippen molar-refractivity contribution in [1.82, 2.24) is 10.1 Å². The topological polar surface area (TPSA) is 82.0 Å². The Kier molecular flexibility index (Phi) is 5.92. The molecule has 0 unspecified atom stereocenters. The van der Waals surface area contributed by atoms with Gasteiger partial charge in [0, 0.05) is 30.5 Å². The lowest BCUT2D eigenvalue weighted by Crippen LogP contribution is -2.01. The Hall–Kier alpha value is -2.79. The van der Waals surface area contributed by atoms with E-state index >= 15 is 0 Å². The van der Waals surface area contributed by atoms with Gasteiger partial charge in [-0.3, -0.25) is 4.79 Å². The molecular formula is C21H23N3O2. The highest BCUT2D eigenvalue weighted by molar-refractivity contribution is 5.96. The average Bonchev–Trinajstić information content (AvgIpc) is 3.16. The van der Waals surface area contributed by atoms with Crippen LogP contribution in [0.4, 0.5) is 0 Å². The molecule has 0 saturated carbocycles. The van der Waals surface area contributed by atoms with E-state index in [-0.39, 0.29) is 5.78 Å². The van der Waals surface area contributed by atoms with Crippen LogP contribution in [-0.2, 0) is 19.4 Å². The molecule has 2 aromatic carbocycles. The molecule has 0 saturated heterocycles.